The van der Waals surface area contributed by atoms with Gasteiger partial charge < -0.3 is 15.0 Å². The second kappa shape index (κ2) is 10.4. The van der Waals surface area contributed by atoms with Gasteiger partial charge in [-0.05, 0) is 48.7 Å². The van der Waals surface area contributed by atoms with Crippen LogP contribution in [0.15, 0.2) is 48.5 Å². The van der Waals surface area contributed by atoms with Crippen LogP contribution in [0.4, 0.5) is 0 Å². The quantitative estimate of drug-likeness (QED) is 0.736. The van der Waals surface area contributed by atoms with Gasteiger partial charge in [-0.3, -0.25) is 9.59 Å². The summed E-state index contributed by atoms with van der Waals surface area (Å²) in [7, 11) is 3.43. The third-order valence-corrected chi connectivity index (χ3v) is 4.42. The fourth-order valence-electron chi connectivity index (χ4n) is 2.73. The summed E-state index contributed by atoms with van der Waals surface area (Å²) in [5, 5.41) is 2.91. The maximum Gasteiger partial charge on any atom is 0.253 e. The van der Waals surface area contributed by atoms with Gasteiger partial charge in [0.05, 0.1) is 7.11 Å². The van der Waals surface area contributed by atoms with E-state index in [4.69, 9.17) is 4.74 Å². The van der Waals surface area contributed by atoms with Gasteiger partial charge in [0.15, 0.2) is 0 Å². The lowest BCUT2D eigenvalue weighted by Crippen LogP contribution is -2.29. The predicted octanol–water partition coefficient (Wildman–Crippen LogP) is 3.54. The Morgan fingerprint density at radius 2 is 1.78 bits per heavy atom. The van der Waals surface area contributed by atoms with Gasteiger partial charge >= 0.3 is 0 Å². The first-order chi connectivity index (χ1) is 13.0. The maximum absolute atomic E-state index is 12.5. The molecule has 0 atom stereocenters. The first kappa shape index (κ1) is 20.5. The molecule has 5 heteroatoms. The molecule has 1 N–H and O–H groups in total. The highest BCUT2D eigenvalue weighted by molar-refractivity contribution is 5.99. The summed E-state index contributed by atoms with van der Waals surface area (Å²) in [4.78, 5) is 26.6. The first-order valence-corrected chi connectivity index (χ1v) is 9.31. The molecular formula is C22H28N2O3. The number of hydrogen-bond donors (Lipinski definition) is 1. The normalized spacial score (nSPS) is 10.3. The second-order valence-electron chi connectivity index (χ2n) is 6.52. The van der Waals surface area contributed by atoms with Crippen LogP contribution in [0.2, 0.25) is 0 Å². The van der Waals surface area contributed by atoms with Crippen molar-refractivity contribution >= 4 is 11.8 Å². The van der Waals surface area contributed by atoms with Gasteiger partial charge in [-0.15, -0.1) is 0 Å². The summed E-state index contributed by atoms with van der Waals surface area (Å²) in [6, 6.07) is 14.7. The van der Waals surface area contributed by atoms with Crippen LogP contribution < -0.4 is 10.1 Å². The molecule has 2 amide bonds. The van der Waals surface area contributed by atoms with E-state index in [1.807, 2.05) is 24.3 Å². The van der Waals surface area contributed by atoms with Crippen LogP contribution in [0.25, 0.3) is 0 Å². The van der Waals surface area contributed by atoms with Gasteiger partial charge in [0.25, 0.3) is 11.8 Å². The highest BCUT2D eigenvalue weighted by atomic mass is 16.5. The van der Waals surface area contributed by atoms with Gasteiger partial charge in [-0.1, -0.05) is 31.5 Å². The van der Waals surface area contributed by atoms with Crippen LogP contribution in [0, 0.1) is 0 Å². The van der Waals surface area contributed by atoms with Gasteiger partial charge in [0, 0.05) is 31.3 Å². The molecule has 2 rings (SSSR count). The number of carbonyl (C=O) groups is 2. The Labute approximate surface area is 161 Å². The molecule has 0 saturated carbocycles. The number of benzene rings is 2. The van der Waals surface area contributed by atoms with Crippen LogP contribution in [0.3, 0.4) is 0 Å². The van der Waals surface area contributed by atoms with Crippen LogP contribution in [0.1, 0.15) is 46.0 Å². The van der Waals surface area contributed by atoms with Crippen LogP contribution in [-0.4, -0.2) is 44.0 Å². The van der Waals surface area contributed by atoms with Gasteiger partial charge in [0.2, 0.25) is 0 Å². The van der Waals surface area contributed by atoms with Crippen LogP contribution in [0.5, 0.6) is 5.75 Å². The van der Waals surface area contributed by atoms with Crippen molar-refractivity contribution in [3.05, 3.63) is 65.2 Å². The molecule has 0 heterocycles. The summed E-state index contributed by atoms with van der Waals surface area (Å²) < 4.78 is 5.14. The number of ether oxygens (including phenoxy) is 1. The van der Waals surface area contributed by atoms with Crippen molar-refractivity contribution in [2.45, 2.75) is 26.2 Å². The van der Waals surface area contributed by atoms with Crippen LogP contribution >= 0.6 is 0 Å². The van der Waals surface area contributed by atoms with Gasteiger partial charge in [0.1, 0.15) is 5.75 Å². The molecule has 2 aromatic rings. The van der Waals surface area contributed by atoms with Crippen molar-refractivity contribution in [1.29, 1.82) is 0 Å². The van der Waals surface area contributed by atoms with E-state index in [2.05, 4.69) is 12.2 Å². The van der Waals surface area contributed by atoms with E-state index >= 15 is 0 Å². The van der Waals surface area contributed by atoms with E-state index < -0.39 is 0 Å². The molecule has 0 bridgehead atoms. The summed E-state index contributed by atoms with van der Waals surface area (Å²) in [6.45, 7) is 3.34. The highest BCUT2D eigenvalue weighted by Crippen LogP contribution is 2.12. The number of rotatable bonds is 9. The number of methoxy groups -OCH3 is 1. The van der Waals surface area contributed by atoms with Crippen molar-refractivity contribution in [1.82, 2.24) is 10.2 Å². The largest absolute Gasteiger partial charge is 0.497 e. The third kappa shape index (κ3) is 6.13. The molecule has 27 heavy (non-hydrogen) atoms. The Hall–Kier alpha value is -2.82. The van der Waals surface area contributed by atoms with E-state index in [1.54, 1.807) is 43.3 Å². The number of unbranched alkanes of at least 4 members (excludes halogenated alkanes) is 1. The minimum Gasteiger partial charge on any atom is -0.497 e. The lowest BCUT2D eigenvalue weighted by Gasteiger charge is -2.17. The molecule has 0 unspecified atom stereocenters. The van der Waals surface area contributed by atoms with Crippen molar-refractivity contribution in [2.24, 2.45) is 0 Å². The summed E-state index contributed by atoms with van der Waals surface area (Å²) in [5.41, 5.74) is 2.16. The molecule has 0 spiro atoms. The Bertz CT molecular complexity index is 756. The fourth-order valence-corrected chi connectivity index (χ4v) is 2.73. The summed E-state index contributed by atoms with van der Waals surface area (Å²) in [6.07, 6.45) is 2.73. The monoisotopic (exact) mass is 368 g/mol. The zero-order chi connectivity index (χ0) is 19.6. The Morgan fingerprint density at radius 3 is 2.44 bits per heavy atom. The average molecular weight is 368 g/mol. The number of amides is 2. The predicted molar refractivity (Wildman–Crippen MR) is 107 cm³/mol. The number of carbonyl (C=O) groups excluding carboxylic acids is 2. The molecule has 5 nitrogen and oxygen atoms in total. The highest BCUT2D eigenvalue weighted by Gasteiger charge is 2.13. The summed E-state index contributed by atoms with van der Waals surface area (Å²) in [5.74, 6) is 0.582. The first-order valence-electron chi connectivity index (χ1n) is 9.31. The van der Waals surface area contributed by atoms with Gasteiger partial charge in [-0.2, -0.15) is 0 Å². The van der Waals surface area contributed by atoms with Crippen LogP contribution in [-0.2, 0) is 6.42 Å². The van der Waals surface area contributed by atoms with Crippen molar-refractivity contribution in [3.63, 3.8) is 0 Å². The topological polar surface area (TPSA) is 58.6 Å². The number of nitrogens with zero attached hydrogens (tertiary/aromatic N) is 1. The third-order valence-electron chi connectivity index (χ3n) is 4.42. The average Bonchev–Trinajstić information content (AvgIpc) is 2.71. The molecule has 144 valence electrons. The lowest BCUT2D eigenvalue weighted by molar-refractivity contribution is 0.0793. The van der Waals surface area contributed by atoms with Crippen molar-refractivity contribution in [3.8, 4) is 5.75 Å². The molecule has 2 aromatic carbocycles. The van der Waals surface area contributed by atoms with E-state index in [9.17, 15) is 9.59 Å². The molecule has 0 aromatic heterocycles. The van der Waals surface area contributed by atoms with E-state index in [-0.39, 0.29) is 11.8 Å². The molecule has 0 aliphatic heterocycles. The standard InChI is InChI=1S/C22H28N2O3/c1-4-5-15-24(2)22(26)19-8-6-7-18(16-19)21(25)23-14-13-17-9-11-20(27-3)12-10-17/h6-12,16H,4-5,13-15H2,1-3H3,(H,23,25). The minimum atomic E-state index is -0.172. The SMILES string of the molecule is CCCCN(C)C(=O)c1cccc(C(=O)NCCc2ccc(OC)cc2)c1. The molecule has 0 fully saturated rings. The molecule has 0 aliphatic carbocycles. The van der Waals surface area contributed by atoms with E-state index in [0.29, 0.717) is 24.2 Å². The molecular weight excluding hydrogens is 340 g/mol. The molecule has 0 aliphatic rings. The summed E-state index contributed by atoms with van der Waals surface area (Å²) >= 11 is 0. The molecule has 0 saturated heterocycles. The zero-order valence-corrected chi connectivity index (χ0v) is 16.3. The van der Waals surface area contributed by atoms with E-state index in [1.165, 1.54) is 0 Å². The Balaban J connectivity index is 1.91. The fraction of sp³-hybridized carbons (Fsp3) is 0.364. The lowest BCUT2D eigenvalue weighted by atomic mass is 10.1. The zero-order valence-electron chi connectivity index (χ0n) is 16.3. The Kier molecular flexibility index (Phi) is 7.86. The van der Waals surface area contributed by atoms with Crippen molar-refractivity contribution in [2.75, 3.05) is 27.2 Å². The van der Waals surface area contributed by atoms with E-state index in [0.717, 1.165) is 30.6 Å². The molecule has 0 radical (unpaired) electrons. The Morgan fingerprint density at radius 1 is 1.07 bits per heavy atom. The van der Waals surface area contributed by atoms with Gasteiger partial charge in [-0.25, -0.2) is 0 Å². The minimum absolute atomic E-state index is 0.0590. The number of nitrogens with one attached hydrogen (secondary N) is 1. The van der Waals surface area contributed by atoms with Crippen molar-refractivity contribution < 1.29 is 14.3 Å². The second-order valence-corrected chi connectivity index (χ2v) is 6.52. The number of hydrogen-bond acceptors (Lipinski definition) is 3. The smallest absolute Gasteiger partial charge is 0.253 e. The maximum atomic E-state index is 12.5.